The molecular weight excluding hydrogens is 510 g/mol. The van der Waals surface area contributed by atoms with Crippen LogP contribution < -0.4 is 9.47 Å². The van der Waals surface area contributed by atoms with Gasteiger partial charge in [-0.25, -0.2) is 9.59 Å². The first-order valence-corrected chi connectivity index (χ1v) is 10.6. The van der Waals surface area contributed by atoms with Crippen LogP contribution in [0.3, 0.4) is 0 Å². The van der Waals surface area contributed by atoms with Gasteiger partial charge in [-0.05, 0) is 19.1 Å². The Labute approximate surface area is 213 Å². The van der Waals surface area contributed by atoms with Crippen molar-refractivity contribution in [2.45, 2.75) is 13.7 Å². The minimum Gasteiger partial charge on any atom is -0.493 e. The first kappa shape index (κ1) is 27.2. The monoisotopic (exact) mass is 529 g/mol. The molecule has 0 aliphatic heterocycles. The molecule has 0 bridgehead atoms. The molecule has 0 saturated heterocycles. The van der Waals surface area contributed by atoms with E-state index in [0.29, 0.717) is 4.80 Å². The highest BCUT2D eigenvalue weighted by Crippen LogP contribution is 2.35. The molecule has 198 valence electrons. The number of methoxy groups -OCH3 is 2. The largest absolute Gasteiger partial charge is 0.493 e. The molecule has 1 heterocycles. The SMILES string of the molecule is CCOC(=O)c1nn(COC(=O)c2ccc([N+](=O)[O-])cc2)nc1C(=O)c1cc(OC)c(OC)cc1[N+](=O)[O-]. The third-order valence-corrected chi connectivity index (χ3v) is 4.91. The van der Waals surface area contributed by atoms with Crippen molar-refractivity contribution in [3.05, 3.63) is 79.1 Å². The fourth-order valence-electron chi connectivity index (χ4n) is 3.14. The van der Waals surface area contributed by atoms with E-state index in [0.717, 1.165) is 24.3 Å². The molecule has 38 heavy (non-hydrogen) atoms. The predicted molar refractivity (Wildman–Crippen MR) is 124 cm³/mol. The van der Waals surface area contributed by atoms with E-state index in [4.69, 9.17) is 18.9 Å². The lowest BCUT2D eigenvalue weighted by Gasteiger charge is -2.09. The van der Waals surface area contributed by atoms with Gasteiger partial charge in [0.05, 0.1) is 42.3 Å². The summed E-state index contributed by atoms with van der Waals surface area (Å²) >= 11 is 0. The molecule has 1 aromatic heterocycles. The minimum atomic E-state index is -1.06. The van der Waals surface area contributed by atoms with Crippen LogP contribution in [0.1, 0.15) is 43.8 Å². The highest BCUT2D eigenvalue weighted by Gasteiger charge is 2.32. The Morgan fingerprint density at radius 2 is 1.47 bits per heavy atom. The Kier molecular flexibility index (Phi) is 8.26. The van der Waals surface area contributed by atoms with Crippen molar-refractivity contribution in [1.29, 1.82) is 0 Å². The van der Waals surface area contributed by atoms with Crippen molar-refractivity contribution in [2.75, 3.05) is 20.8 Å². The van der Waals surface area contributed by atoms with Gasteiger partial charge in [-0.15, -0.1) is 15.0 Å². The number of carbonyl (C=O) groups is 3. The van der Waals surface area contributed by atoms with E-state index in [2.05, 4.69) is 10.2 Å². The number of hydrogen-bond acceptors (Lipinski definition) is 13. The van der Waals surface area contributed by atoms with Gasteiger partial charge in [0.25, 0.3) is 11.4 Å². The van der Waals surface area contributed by atoms with Crippen molar-refractivity contribution in [1.82, 2.24) is 15.0 Å². The number of nitro benzene ring substituents is 2. The number of hydrogen-bond donors (Lipinski definition) is 0. The molecule has 0 fully saturated rings. The number of ether oxygens (including phenoxy) is 4. The van der Waals surface area contributed by atoms with Crippen molar-refractivity contribution >= 4 is 29.1 Å². The van der Waals surface area contributed by atoms with E-state index in [1.807, 2.05) is 0 Å². The van der Waals surface area contributed by atoms with Crippen LogP contribution in [0.4, 0.5) is 11.4 Å². The van der Waals surface area contributed by atoms with Crippen molar-refractivity contribution in [3.63, 3.8) is 0 Å². The average Bonchev–Trinajstić information content (AvgIpc) is 3.35. The molecular formula is C22H19N5O11. The van der Waals surface area contributed by atoms with Crippen LogP contribution >= 0.6 is 0 Å². The van der Waals surface area contributed by atoms with Gasteiger partial charge >= 0.3 is 11.9 Å². The zero-order valence-corrected chi connectivity index (χ0v) is 20.1. The fraction of sp³-hybridized carbons (Fsp3) is 0.227. The maximum absolute atomic E-state index is 13.3. The van der Waals surface area contributed by atoms with E-state index >= 15 is 0 Å². The van der Waals surface area contributed by atoms with Crippen LogP contribution in [0, 0.1) is 20.2 Å². The minimum absolute atomic E-state index is 0.00329. The Hall–Kier alpha value is -5.41. The molecule has 0 radical (unpaired) electrons. The Morgan fingerprint density at radius 3 is 2.03 bits per heavy atom. The zero-order valence-electron chi connectivity index (χ0n) is 20.1. The van der Waals surface area contributed by atoms with E-state index in [9.17, 15) is 34.6 Å². The maximum atomic E-state index is 13.3. The molecule has 0 unspecified atom stereocenters. The molecule has 0 atom stereocenters. The third kappa shape index (κ3) is 5.69. The van der Waals surface area contributed by atoms with E-state index < -0.39 is 56.9 Å². The summed E-state index contributed by atoms with van der Waals surface area (Å²) in [5.74, 6) is -3.02. The molecule has 0 aliphatic carbocycles. The zero-order chi connectivity index (χ0) is 28.0. The first-order valence-electron chi connectivity index (χ1n) is 10.6. The number of ketones is 1. The molecule has 0 saturated carbocycles. The second-order valence-electron chi connectivity index (χ2n) is 7.17. The molecule has 0 aliphatic rings. The summed E-state index contributed by atoms with van der Waals surface area (Å²) < 4.78 is 20.1. The lowest BCUT2D eigenvalue weighted by molar-refractivity contribution is -0.385. The number of nitro groups is 2. The van der Waals surface area contributed by atoms with Crippen LogP contribution in [-0.4, -0.2) is 63.4 Å². The Balaban J connectivity index is 1.96. The smallest absolute Gasteiger partial charge is 0.361 e. The van der Waals surface area contributed by atoms with Gasteiger partial charge in [0.15, 0.2) is 17.2 Å². The van der Waals surface area contributed by atoms with E-state index in [-0.39, 0.29) is 29.4 Å². The Morgan fingerprint density at radius 1 is 0.868 bits per heavy atom. The quantitative estimate of drug-likeness (QED) is 0.151. The number of benzene rings is 2. The highest BCUT2D eigenvalue weighted by atomic mass is 16.6. The Bertz CT molecular complexity index is 1420. The molecule has 16 heteroatoms. The summed E-state index contributed by atoms with van der Waals surface area (Å²) in [4.78, 5) is 59.8. The predicted octanol–water partition coefficient (Wildman–Crippen LogP) is 2.33. The fourth-order valence-corrected chi connectivity index (χ4v) is 3.14. The summed E-state index contributed by atoms with van der Waals surface area (Å²) in [6.07, 6.45) is 0. The summed E-state index contributed by atoms with van der Waals surface area (Å²) in [7, 11) is 2.52. The van der Waals surface area contributed by atoms with Gasteiger partial charge in [0, 0.05) is 18.2 Å². The second kappa shape index (κ2) is 11.5. The molecule has 16 nitrogen and oxygen atoms in total. The third-order valence-electron chi connectivity index (χ3n) is 4.91. The number of esters is 2. The number of non-ortho nitro benzene ring substituents is 1. The van der Waals surface area contributed by atoms with E-state index in [1.165, 1.54) is 33.3 Å². The van der Waals surface area contributed by atoms with Gasteiger partial charge in [-0.3, -0.25) is 25.0 Å². The van der Waals surface area contributed by atoms with Gasteiger partial charge in [0.2, 0.25) is 18.2 Å². The topological polar surface area (TPSA) is 205 Å². The van der Waals surface area contributed by atoms with Crippen LogP contribution in [0.15, 0.2) is 36.4 Å². The maximum Gasteiger partial charge on any atom is 0.361 e. The molecule has 0 N–H and O–H groups in total. The van der Waals surface area contributed by atoms with Gasteiger partial charge in [0.1, 0.15) is 5.56 Å². The number of carbonyl (C=O) groups excluding carboxylic acids is 3. The first-order chi connectivity index (χ1) is 18.1. The van der Waals surface area contributed by atoms with Crippen molar-refractivity contribution in [3.8, 4) is 11.5 Å². The summed E-state index contributed by atoms with van der Waals surface area (Å²) in [5.41, 5.74) is -2.57. The van der Waals surface area contributed by atoms with Crippen LogP contribution in [0.5, 0.6) is 11.5 Å². The molecule has 3 aromatic rings. The second-order valence-corrected chi connectivity index (χ2v) is 7.17. The highest BCUT2D eigenvalue weighted by molar-refractivity contribution is 6.14. The van der Waals surface area contributed by atoms with Crippen molar-refractivity contribution in [2.24, 2.45) is 0 Å². The van der Waals surface area contributed by atoms with Gasteiger partial charge < -0.3 is 18.9 Å². The molecule has 3 rings (SSSR count). The summed E-state index contributed by atoms with van der Waals surface area (Å²) in [5, 5.41) is 30.1. The van der Waals surface area contributed by atoms with E-state index in [1.54, 1.807) is 0 Å². The van der Waals surface area contributed by atoms with Gasteiger partial charge in [-0.2, -0.15) is 0 Å². The van der Waals surface area contributed by atoms with Crippen molar-refractivity contribution < 1.29 is 43.2 Å². The van der Waals surface area contributed by atoms with Crippen LogP contribution in [0.25, 0.3) is 0 Å². The molecule has 2 aromatic carbocycles. The number of rotatable bonds is 11. The molecule has 0 spiro atoms. The average molecular weight is 529 g/mol. The van der Waals surface area contributed by atoms with Crippen LogP contribution in [0.2, 0.25) is 0 Å². The van der Waals surface area contributed by atoms with Crippen LogP contribution in [-0.2, 0) is 16.2 Å². The lowest BCUT2D eigenvalue weighted by atomic mass is 10.0. The summed E-state index contributed by atoms with van der Waals surface area (Å²) in [6, 6.07) is 6.59. The normalized spacial score (nSPS) is 10.4. The number of aromatic nitrogens is 3. The molecule has 0 amide bonds. The van der Waals surface area contributed by atoms with Gasteiger partial charge in [-0.1, -0.05) is 0 Å². The summed E-state index contributed by atoms with van der Waals surface area (Å²) in [6.45, 7) is 0.753. The number of nitrogens with zero attached hydrogens (tertiary/aromatic N) is 5. The lowest BCUT2D eigenvalue weighted by Crippen LogP contribution is -2.14. The standard InChI is InChI=1S/C22H19N5O11/c1-4-37-22(30)19-18(20(28)14-9-16(35-2)17(36-3)10-15(14)27(33)34)23-25(24-19)11-38-21(29)12-5-7-13(8-6-12)26(31)32/h5-10H,4,11H2,1-3H3.